The molecule has 0 amide bonds. The molecule has 2 aromatic heterocycles. The lowest BCUT2D eigenvalue weighted by molar-refractivity contribution is 0.00578. The first-order chi connectivity index (χ1) is 16.8. The predicted molar refractivity (Wildman–Crippen MR) is 149 cm³/mol. The molecular formula is C30H26BNO2S. The maximum Gasteiger partial charge on any atom is 0.494 e. The Morgan fingerprint density at radius 2 is 1.26 bits per heavy atom. The molecule has 0 aliphatic carbocycles. The van der Waals surface area contributed by atoms with Crippen molar-refractivity contribution in [2.45, 2.75) is 38.9 Å². The van der Waals surface area contributed by atoms with Gasteiger partial charge in [0.1, 0.15) is 0 Å². The van der Waals surface area contributed by atoms with Crippen molar-refractivity contribution in [1.82, 2.24) is 4.57 Å². The smallest absolute Gasteiger partial charge is 0.399 e. The normalized spacial score (nSPS) is 17.3. The van der Waals surface area contributed by atoms with E-state index < -0.39 is 0 Å². The van der Waals surface area contributed by atoms with E-state index in [-0.39, 0.29) is 18.3 Å². The molecular weight excluding hydrogens is 449 g/mol. The van der Waals surface area contributed by atoms with E-state index in [1.54, 1.807) is 0 Å². The summed E-state index contributed by atoms with van der Waals surface area (Å²) in [6.07, 6.45) is 0. The van der Waals surface area contributed by atoms with Crippen LogP contribution in [0.15, 0.2) is 84.9 Å². The molecule has 3 heterocycles. The average Bonchev–Trinajstić information content (AvgIpc) is 3.44. The van der Waals surface area contributed by atoms with Crippen LogP contribution in [0.4, 0.5) is 0 Å². The molecule has 3 nitrogen and oxygen atoms in total. The maximum atomic E-state index is 6.38. The highest BCUT2D eigenvalue weighted by Crippen LogP contribution is 2.39. The zero-order valence-corrected chi connectivity index (χ0v) is 21.1. The molecule has 5 heteroatoms. The first-order valence-electron chi connectivity index (χ1n) is 12.1. The molecule has 35 heavy (non-hydrogen) atoms. The molecule has 0 N–H and O–H groups in total. The van der Waals surface area contributed by atoms with Gasteiger partial charge in [0.25, 0.3) is 0 Å². The summed E-state index contributed by atoms with van der Waals surface area (Å²) < 4.78 is 17.8. The van der Waals surface area contributed by atoms with Gasteiger partial charge in [-0.3, -0.25) is 0 Å². The standard InChI is InChI=1S/C30H26BNO2S/c1-29(2)30(3,4)34-31(33-29)19-13-15-22-21-9-5-7-11-25(21)32(26(22)17-19)20-14-16-24-23-10-6-8-12-27(23)35-28(24)18-20/h5-18H,1-4H3. The van der Waals surface area contributed by atoms with Crippen molar-refractivity contribution in [2.75, 3.05) is 0 Å². The zero-order chi connectivity index (χ0) is 23.9. The Balaban J connectivity index is 1.46. The van der Waals surface area contributed by atoms with Gasteiger partial charge in [-0.15, -0.1) is 11.3 Å². The zero-order valence-electron chi connectivity index (χ0n) is 20.3. The van der Waals surface area contributed by atoms with Crippen LogP contribution in [0.5, 0.6) is 0 Å². The molecule has 4 aromatic carbocycles. The van der Waals surface area contributed by atoms with Crippen LogP contribution in [0.3, 0.4) is 0 Å². The average molecular weight is 475 g/mol. The van der Waals surface area contributed by atoms with Crippen LogP contribution in [-0.2, 0) is 9.31 Å². The summed E-state index contributed by atoms with van der Waals surface area (Å²) in [7, 11) is -0.388. The molecule has 0 bridgehead atoms. The van der Waals surface area contributed by atoms with Crippen LogP contribution >= 0.6 is 11.3 Å². The number of benzene rings is 4. The first-order valence-corrected chi connectivity index (χ1v) is 12.9. The van der Waals surface area contributed by atoms with Gasteiger partial charge in [0, 0.05) is 36.6 Å². The van der Waals surface area contributed by atoms with E-state index in [0.717, 1.165) is 5.46 Å². The van der Waals surface area contributed by atoms with E-state index in [9.17, 15) is 0 Å². The quantitative estimate of drug-likeness (QED) is 0.243. The Morgan fingerprint density at radius 1 is 0.629 bits per heavy atom. The Labute approximate surface area is 209 Å². The number of rotatable bonds is 2. The van der Waals surface area contributed by atoms with Crippen molar-refractivity contribution in [3.63, 3.8) is 0 Å². The van der Waals surface area contributed by atoms with Crippen molar-refractivity contribution in [3.8, 4) is 5.69 Å². The molecule has 0 radical (unpaired) electrons. The molecule has 0 atom stereocenters. The molecule has 1 fully saturated rings. The lowest BCUT2D eigenvalue weighted by Gasteiger charge is -2.32. The van der Waals surface area contributed by atoms with Crippen molar-refractivity contribution < 1.29 is 9.31 Å². The summed E-state index contributed by atoms with van der Waals surface area (Å²) in [5, 5.41) is 5.12. The third-order valence-electron chi connectivity index (χ3n) is 7.84. The highest BCUT2D eigenvalue weighted by Gasteiger charge is 2.51. The number of hydrogen-bond donors (Lipinski definition) is 0. The number of hydrogen-bond acceptors (Lipinski definition) is 3. The molecule has 1 aliphatic rings. The Morgan fingerprint density at radius 3 is 2.06 bits per heavy atom. The van der Waals surface area contributed by atoms with Gasteiger partial charge in [-0.2, -0.15) is 0 Å². The minimum atomic E-state index is -0.388. The molecule has 1 saturated heterocycles. The van der Waals surface area contributed by atoms with Gasteiger partial charge in [-0.05, 0) is 63.5 Å². The van der Waals surface area contributed by atoms with Gasteiger partial charge in [-0.1, -0.05) is 54.6 Å². The Kier molecular flexibility index (Phi) is 4.36. The van der Waals surface area contributed by atoms with Gasteiger partial charge in [0.15, 0.2) is 0 Å². The molecule has 0 spiro atoms. The lowest BCUT2D eigenvalue weighted by Crippen LogP contribution is -2.41. The van der Waals surface area contributed by atoms with Crippen LogP contribution in [0, 0.1) is 0 Å². The first kappa shape index (κ1) is 21.2. The van der Waals surface area contributed by atoms with Crippen LogP contribution in [0.25, 0.3) is 47.7 Å². The van der Waals surface area contributed by atoms with Crippen LogP contribution in [0.2, 0.25) is 0 Å². The summed E-state index contributed by atoms with van der Waals surface area (Å²) in [6, 6.07) is 30.7. The monoisotopic (exact) mass is 475 g/mol. The third-order valence-corrected chi connectivity index (χ3v) is 8.98. The number of thiophene rings is 1. The van der Waals surface area contributed by atoms with Crippen molar-refractivity contribution >= 4 is 65.9 Å². The number of nitrogens with zero attached hydrogens (tertiary/aromatic N) is 1. The van der Waals surface area contributed by atoms with E-state index >= 15 is 0 Å². The van der Waals surface area contributed by atoms with Crippen molar-refractivity contribution in [3.05, 3.63) is 84.9 Å². The third kappa shape index (κ3) is 3.05. The number of para-hydroxylation sites is 1. The topological polar surface area (TPSA) is 23.4 Å². The van der Waals surface area contributed by atoms with Gasteiger partial charge < -0.3 is 13.9 Å². The summed E-state index contributed by atoms with van der Waals surface area (Å²) in [4.78, 5) is 0. The fraction of sp³-hybridized carbons (Fsp3) is 0.200. The molecule has 7 rings (SSSR count). The van der Waals surface area contributed by atoms with E-state index in [0.29, 0.717) is 0 Å². The Bertz CT molecular complexity index is 1760. The maximum absolute atomic E-state index is 6.38. The molecule has 6 aromatic rings. The summed E-state index contributed by atoms with van der Waals surface area (Å²) >= 11 is 1.85. The highest BCUT2D eigenvalue weighted by atomic mass is 32.1. The molecule has 172 valence electrons. The highest BCUT2D eigenvalue weighted by molar-refractivity contribution is 7.25. The van der Waals surface area contributed by atoms with Gasteiger partial charge >= 0.3 is 7.12 Å². The fourth-order valence-electron chi connectivity index (χ4n) is 5.25. The van der Waals surface area contributed by atoms with E-state index in [1.165, 1.54) is 47.7 Å². The summed E-state index contributed by atoms with van der Waals surface area (Å²) in [6.45, 7) is 8.40. The molecule has 0 unspecified atom stereocenters. The summed E-state index contributed by atoms with van der Waals surface area (Å²) in [5.74, 6) is 0. The number of aromatic nitrogens is 1. The summed E-state index contributed by atoms with van der Waals surface area (Å²) in [5.41, 5.74) is 3.84. The molecule has 0 saturated carbocycles. The van der Waals surface area contributed by atoms with Crippen LogP contribution in [-0.4, -0.2) is 22.9 Å². The van der Waals surface area contributed by atoms with E-state index in [4.69, 9.17) is 9.31 Å². The second-order valence-corrected chi connectivity index (χ2v) is 11.6. The predicted octanol–water partition coefficient (Wildman–Crippen LogP) is 7.45. The van der Waals surface area contributed by atoms with Gasteiger partial charge in [0.2, 0.25) is 0 Å². The SMILES string of the molecule is CC1(C)OB(c2ccc3c4ccccc4n(-c4ccc5c(c4)sc4ccccc45)c3c2)OC1(C)C. The van der Waals surface area contributed by atoms with E-state index in [2.05, 4.69) is 117 Å². The van der Waals surface area contributed by atoms with Gasteiger partial charge in [-0.25, -0.2) is 0 Å². The fourth-order valence-corrected chi connectivity index (χ4v) is 6.38. The number of fused-ring (bicyclic) bond motifs is 6. The van der Waals surface area contributed by atoms with E-state index in [1.807, 2.05) is 11.3 Å². The minimum absolute atomic E-state index is 0.369. The van der Waals surface area contributed by atoms with Crippen molar-refractivity contribution in [1.29, 1.82) is 0 Å². The van der Waals surface area contributed by atoms with Crippen molar-refractivity contribution in [2.24, 2.45) is 0 Å². The minimum Gasteiger partial charge on any atom is -0.399 e. The Hall–Kier alpha value is -3.12. The van der Waals surface area contributed by atoms with Gasteiger partial charge in [0.05, 0.1) is 22.2 Å². The van der Waals surface area contributed by atoms with Crippen LogP contribution < -0.4 is 5.46 Å². The van der Waals surface area contributed by atoms with Crippen LogP contribution in [0.1, 0.15) is 27.7 Å². The second-order valence-electron chi connectivity index (χ2n) is 10.5. The molecule has 1 aliphatic heterocycles. The lowest BCUT2D eigenvalue weighted by atomic mass is 9.79. The largest absolute Gasteiger partial charge is 0.494 e. The second kappa shape index (κ2) is 7.20.